The number of aliphatic hydroxyl groups is 1. The lowest BCUT2D eigenvalue weighted by atomic mass is 9.94. The van der Waals surface area contributed by atoms with E-state index >= 15 is 0 Å². The quantitative estimate of drug-likeness (QED) is 0.203. The maximum atomic E-state index is 13.4. The van der Waals surface area contributed by atoms with E-state index in [9.17, 15) is 19.5 Å². The van der Waals surface area contributed by atoms with E-state index in [-0.39, 0.29) is 17.0 Å². The van der Waals surface area contributed by atoms with Crippen LogP contribution in [0.5, 0.6) is 5.75 Å². The molecule has 2 N–H and O–H groups in total. The Morgan fingerprint density at radius 1 is 1.11 bits per heavy atom. The molecule has 9 nitrogen and oxygen atoms in total. The van der Waals surface area contributed by atoms with Gasteiger partial charge in [-0.05, 0) is 56.6 Å². The van der Waals surface area contributed by atoms with E-state index in [4.69, 9.17) is 9.47 Å². The monoisotopic (exact) mass is 511 g/mol. The number of nitrogens with zero attached hydrogens (tertiary/aromatic N) is 2. The predicted molar refractivity (Wildman–Crippen MR) is 141 cm³/mol. The zero-order valence-electron chi connectivity index (χ0n) is 22.5. The Kier molecular flexibility index (Phi) is 9.15. The van der Waals surface area contributed by atoms with Crippen molar-refractivity contribution < 1.29 is 29.0 Å². The van der Waals surface area contributed by atoms with Gasteiger partial charge in [-0.3, -0.25) is 9.59 Å². The molecule has 1 atom stereocenters. The van der Waals surface area contributed by atoms with Crippen LogP contribution in [0.25, 0.3) is 5.76 Å². The first-order valence-corrected chi connectivity index (χ1v) is 12.7. The molecule has 2 aromatic rings. The normalized spacial score (nSPS) is 17.1. The number of esters is 1. The Balaban J connectivity index is 2.14. The molecule has 0 spiro atoms. The summed E-state index contributed by atoms with van der Waals surface area (Å²) in [6.45, 7) is 12.6. The van der Waals surface area contributed by atoms with Crippen molar-refractivity contribution in [1.29, 1.82) is 0 Å². The van der Waals surface area contributed by atoms with Crippen LogP contribution in [0, 0.1) is 13.8 Å². The summed E-state index contributed by atoms with van der Waals surface area (Å²) >= 11 is 0. The number of Topliss-reactive ketones (excluding diaryl/α,β-unsaturated/α-hetero) is 1. The fraction of sp³-hybridized carbons (Fsp3) is 0.464. The van der Waals surface area contributed by atoms with E-state index in [0.717, 1.165) is 19.5 Å². The third-order valence-corrected chi connectivity index (χ3v) is 6.82. The Morgan fingerprint density at radius 2 is 1.76 bits per heavy atom. The molecule has 9 heteroatoms. The number of hydrogen-bond acceptors (Lipinski definition) is 7. The molecule has 0 radical (unpaired) electrons. The van der Waals surface area contributed by atoms with Crippen LogP contribution in [0.4, 0.5) is 0 Å². The third-order valence-electron chi connectivity index (χ3n) is 6.82. The number of H-pyrrole nitrogens is 1. The number of carbonyl (C=O) groups is 3. The Labute approximate surface area is 218 Å². The molecule has 0 saturated carbocycles. The zero-order valence-corrected chi connectivity index (χ0v) is 22.5. The van der Waals surface area contributed by atoms with E-state index in [1.54, 1.807) is 26.0 Å². The van der Waals surface area contributed by atoms with Gasteiger partial charge in [0, 0.05) is 24.3 Å². The fourth-order valence-corrected chi connectivity index (χ4v) is 4.76. The minimum Gasteiger partial charge on any atom is -0.507 e. The van der Waals surface area contributed by atoms with Crippen LogP contribution in [0.15, 0.2) is 29.8 Å². The molecule has 1 aliphatic heterocycles. The molecular formula is C28H37N3O6. The second-order valence-corrected chi connectivity index (χ2v) is 9.05. The van der Waals surface area contributed by atoms with E-state index < -0.39 is 23.7 Å². The summed E-state index contributed by atoms with van der Waals surface area (Å²) in [4.78, 5) is 45.5. The van der Waals surface area contributed by atoms with Crippen molar-refractivity contribution in [2.45, 2.75) is 47.1 Å². The lowest BCUT2D eigenvalue weighted by Crippen LogP contribution is -2.38. The standard InChI is InChI=1S/C28H37N3O6/c1-7-16-37-20-12-10-19(11-13-20)24-22(26(33)27(34)31(24)15-14-30(8-2)9-3)25(32)21-17(4)23(28(35)36-6)29-18(21)5/h10-13,24,29,32H,7-9,14-16H2,1-6H3/b25-22+. The number of hydrogen-bond donors (Lipinski definition) is 2. The van der Waals surface area contributed by atoms with Crippen LogP contribution in [0.3, 0.4) is 0 Å². The maximum Gasteiger partial charge on any atom is 0.354 e. The van der Waals surface area contributed by atoms with Crippen LogP contribution in [-0.4, -0.2) is 77.4 Å². The maximum absolute atomic E-state index is 13.4. The Morgan fingerprint density at radius 3 is 2.32 bits per heavy atom. The number of carbonyl (C=O) groups excluding carboxylic acids is 3. The fourth-order valence-electron chi connectivity index (χ4n) is 4.76. The van der Waals surface area contributed by atoms with Crippen molar-refractivity contribution in [1.82, 2.24) is 14.8 Å². The molecule has 1 fully saturated rings. The number of aryl methyl sites for hydroxylation is 1. The number of aromatic nitrogens is 1. The number of benzene rings is 1. The highest BCUT2D eigenvalue weighted by atomic mass is 16.5. The minimum absolute atomic E-state index is 0.00612. The van der Waals surface area contributed by atoms with Crippen molar-refractivity contribution >= 4 is 23.4 Å². The molecule has 2 heterocycles. The third kappa shape index (κ3) is 5.56. The molecular weight excluding hydrogens is 474 g/mol. The average Bonchev–Trinajstić information content (AvgIpc) is 3.34. The summed E-state index contributed by atoms with van der Waals surface area (Å²) in [5, 5.41) is 11.5. The number of aliphatic hydroxyl groups excluding tert-OH is 1. The highest BCUT2D eigenvalue weighted by Crippen LogP contribution is 2.41. The molecule has 1 aromatic heterocycles. The minimum atomic E-state index is -0.786. The summed E-state index contributed by atoms with van der Waals surface area (Å²) in [5.41, 5.74) is 2.11. The first kappa shape index (κ1) is 28.0. The van der Waals surface area contributed by atoms with Gasteiger partial charge in [0.2, 0.25) is 0 Å². The van der Waals surface area contributed by atoms with Gasteiger partial charge in [0.25, 0.3) is 11.7 Å². The second kappa shape index (κ2) is 12.1. The van der Waals surface area contributed by atoms with Crippen molar-refractivity contribution in [3.05, 3.63) is 57.9 Å². The van der Waals surface area contributed by atoms with E-state index in [2.05, 4.69) is 9.88 Å². The molecule has 200 valence electrons. The molecule has 0 aliphatic carbocycles. The Hall–Kier alpha value is -3.59. The number of ketones is 1. The van der Waals surface area contributed by atoms with Crippen LogP contribution in [0.2, 0.25) is 0 Å². The van der Waals surface area contributed by atoms with Gasteiger partial charge in [-0.2, -0.15) is 0 Å². The summed E-state index contributed by atoms with van der Waals surface area (Å²) in [5.74, 6) is -1.64. The van der Waals surface area contributed by atoms with Crippen LogP contribution in [0.1, 0.15) is 66.1 Å². The van der Waals surface area contributed by atoms with Gasteiger partial charge in [-0.15, -0.1) is 0 Å². The Bertz CT molecular complexity index is 1180. The number of aromatic amines is 1. The molecule has 1 unspecified atom stereocenters. The summed E-state index contributed by atoms with van der Waals surface area (Å²) in [7, 11) is 1.27. The predicted octanol–water partition coefficient (Wildman–Crippen LogP) is 3.97. The molecule has 1 aliphatic rings. The number of ether oxygens (including phenoxy) is 2. The topological polar surface area (TPSA) is 112 Å². The number of nitrogens with one attached hydrogen (secondary N) is 1. The van der Waals surface area contributed by atoms with Gasteiger partial charge in [0.1, 0.15) is 17.2 Å². The van der Waals surface area contributed by atoms with Crippen molar-refractivity contribution in [3.8, 4) is 5.75 Å². The molecule has 1 aromatic carbocycles. The number of methoxy groups -OCH3 is 1. The van der Waals surface area contributed by atoms with Gasteiger partial charge in [-0.25, -0.2) is 4.79 Å². The lowest BCUT2D eigenvalue weighted by molar-refractivity contribution is -0.140. The lowest BCUT2D eigenvalue weighted by Gasteiger charge is -2.28. The second-order valence-electron chi connectivity index (χ2n) is 9.05. The molecule has 1 saturated heterocycles. The van der Waals surface area contributed by atoms with Crippen LogP contribution >= 0.6 is 0 Å². The van der Waals surface area contributed by atoms with Crippen molar-refractivity contribution in [3.63, 3.8) is 0 Å². The first-order chi connectivity index (χ1) is 17.7. The highest BCUT2D eigenvalue weighted by Gasteiger charge is 2.46. The number of amides is 1. The number of likely N-dealkylation sites (N-methyl/N-ethyl adjacent to an activating group) is 1. The molecule has 1 amide bonds. The largest absolute Gasteiger partial charge is 0.507 e. The molecule has 37 heavy (non-hydrogen) atoms. The number of likely N-dealkylation sites (tertiary alicyclic amines) is 1. The van der Waals surface area contributed by atoms with Crippen molar-refractivity contribution in [2.75, 3.05) is 39.9 Å². The van der Waals surface area contributed by atoms with Gasteiger partial charge in [0.15, 0.2) is 0 Å². The SMILES string of the molecule is CCCOc1ccc(C2/C(=C(\O)c3c(C)[nH]c(C(=O)OC)c3C)C(=O)C(=O)N2CCN(CC)CC)cc1. The van der Waals surface area contributed by atoms with Gasteiger partial charge < -0.3 is 29.4 Å². The van der Waals surface area contributed by atoms with Crippen LogP contribution in [-0.2, 0) is 14.3 Å². The van der Waals surface area contributed by atoms with E-state index in [0.29, 0.717) is 47.8 Å². The smallest absolute Gasteiger partial charge is 0.354 e. The average molecular weight is 512 g/mol. The molecule has 3 rings (SSSR count). The van der Waals surface area contributed by atoms with Gasteiger partial charge in [-0.1, -0.05) is 32.9 Å². The first-order valence-electron chi connectivity index (χ1n) is 12.7. The highest BCUT2D eigenvalue weighted by molar-refractivity contribution is 6.46. The summed E-state index contributed by atoms with van der Waals surface area (Å²) in [6, 6.07) is 6.45. The van der Waals surface area contributed by atoms with E-state index in [1.807, 2.05) is 32.9 Å². The van der Waals surface area contributed by atoms with Gasteiger partial charge >= 0.3 is 5.97 Å². The zero-order chi connectivity index (χ0) is 27.3. The van der Waals surface area contributed by atoms with Crippen molar-refractivity contribution in [2.24, 2.45) is 0 Å². The van der Waals surface area contributed by atoms with E-state index in [1.165, 1.54) is 12.0 Å². The summed E-state index contributed by atoms with van der Waals surface area (Å²) in [6.07, 6.45) is 0.871. The summed E-state index contributed by atoms with van der Waals surface area (Å²) < 4.78 is 10.5. The molecule has 0 bridgehead atoms. The van der Waals surface area contributed by atoms with Gasteiger partial charge in [0.05, 0.1) is 25.3 Å². The number of rotatable bonds is 11. The van der Waals surface area contributed by atoms with Crippen LogP contribution < -0.4 is 4.74 Å².